The number of carboxylic acid groups (broad SMARTS) is 1. The number of carboxylic acids is 1. The van der Waals surface area contributed by atoms with Crippen LogP contribution in [0, 0.1) is 0 Å². The monoisotopic (exact) mass is 918 g/mol. The van der Waals surface area contributed by atoms with Gasteiger partial charge in [-0.15, -0.1) is 0 Å². The Bertz CT molecular complexity index is 1600. The number of aromatic nitrogens is 2. The first kappa shape index (κ1) is 52.4. The van der Waals surface area contributed by atoms with Crippen molar-refractivity contribution in [2.45, 2.75) is 167 Å². The molecule has 4 N–H and O–H groups in total. The van der Waals surface area contributed by atoms with Crippen molar-refractivity contribution in [2.75, 3.05) is 38.7 Å². The molecule has 5 atom stereocenters. The molecule has 3 rings (SSSR count). The Balaban J connectivity index is 1.85. The van der Waals surface area contributed by atoms with Crippen molar-refractivity contribution in [1.82, 2.24) is 14.5 Å². The van der Waals surface area contributed by atoms with Crippen molar-refractivity contribution in [3.63, 3.8) is 0 Å². The van der Waals surface area contributed by atoms with E-state index in [1.807, 2.05) is 39.3 Å². The number of ketones is 1. The highest BCUT2D eigenvalue weighted by Gasteiger charge is 2.56. The molecule has 0 bridgehead atoms. The van der Waals surface area contributed by atoms with E-state index >= 15 is 0 Å². The summed E-state index contributed by atoms with van der Waals surface area (Å²) in [6, 6.07) is 1.35. The number of imide groups is 1. The average molecular weight is 919 g/mol. The molecule has 19 nitrogen and oxygen atoms in total. The van der Waals surface area contributed by atoms with Crippen LogP contribution in [0.15, 0.2) is 17.1 Å². The van der Waals surface area contributed by atoms with Crippen LogP contribution < -0.4 is 11.4 Å². The van der Waals surface area contributed by atoms with Gasteiger partial charge in [0.25, 0.3) is 0 Å². The van der Waals surface area contributed by atoms with Gasteiger partial charge in [-0.1, -0.05) is 57.8 Å². The van der Waals surface area contributed by atoms with Gasteiger partial charge in [0.15, 0.2) is 35.1 Å². The molecule has 22 heteroatoms. The number of carbonyl (C=O) groups excluding carboxylic acids is 3. The Kier molecular flexibility index (Phi) is 21.3. The van der Waals surface area contributed by atoms with Gasteiger partial charge in [-0.2, -0.15) is 4.98 Å². The smallest absolute Gasteiger partial charge is 0.479 e. The van der Waals surface area contributed by atoms with Crippen LogP contribution in [-0.2, 0) is 50.4 Å². The van der Waals surface area contributed by atoms with E-state index in [0.29, 0.717) is 0 Å². The van der Waals surface area contributed by atoms with Crippen molar-refractivity contribution >= 4 is 55.3 Å². The average Bonchev–Trinajstić information content (AvgIpc) is 3.42. The molecule has 2 fully saturated rings. The number of aliphatic hydroxyl groups is 1. The lowest BCUT2D eigenvalue weighted by molar-refractivity contribution is -0.153. The second kappa shape index (κ2) is 24.8. The third-order valence-electron chi connectivity index (χ3n) is 9.68. The molecule has 0 aromatic carbocycles. The maximum absolute atomic E-state index is 13.6. The summed E-state index contributed by atoms with van der Waals surface area (Å²) in [4.78, 5) is 66.6. The fourth-order valence-electron chi connectivity index (χ4n) is 6.91. The van der Waals surface area contributed by atoms with Crippen LogP contribution in [0.5, 0.6) is 0 Å². The fraction of sp³-hybridized carbons (Fsp3) is 0.795. The summed E-state index contributed by atoms with van der Waals surface area (Å²) in [7, 11) is -8.82. The van der Waals surface area contributed by atoms with Gasteiger partial charge in [-0.25, -0.2) is 19.3 Å². The van der Waals surface area contributed by atoms with Crippen LogP contribution in [-0.4, -0.2) is 138 Å². The number of hydrogen-bond donors (Lipinski definition) is 3. The number of aliphatic carboxylic acids is 1. The number of hydrogen-bond acceptors (Lipinski definition) is 16. The Morgan fingerprint density at radius 2 is 1.49 bits per heavy atom. The molecule has 0 radical (unpaired) electrons. The molecule has 1 aromatic heterocycles. The Morgan fingerprint density at radius 1 is 0.918 bits per heavy atom. The number of Topliss-reactive ketones (excluding diaryl/α,β-unsaturated/α-hetero) is 1. The summed E-state index contributed by atoms with van der Waals surface area (Å²) in [5.74, 6) is -2.42. The fourth-order valence-corrected chi connectivity index (χ4v) is 15.4. The Labute approximate surface area is 362 Å². The molecule has 1 aliphatic carbocycles. The molecular weight excluding hydrogens is 849 g/mol. The number of nitrogen functional groups attached to an aromatic ring is 1. The predicted octanol–water partition coefficient (Wildman–Crippen LogP) is 4.75. The molecule has 2 aliphatic rings. The van der Waals surface area contributed by atoms with E-state index in [0.717, 1.165) is 54.9 Å². The molecule has 1 saturated carbocycles. The van der Waals surface area contributed by atoms with Gasteiger partial charge in [-0.3, -0.25) is 14.2 Å². The number of rotatable bonds is 21. The van der Waals surface area contributed by atoms with Crippen LogP contribution in [0.3, 0.4) is 0 Å². The van der Waals surface area contributed by atoms with E-state index in [2.05, 4.69) is 4.98 Å². The molecular formula is C39H70N4O15Si3. The van der Waals surface area contributed by atoms with Gasteiger partial charge in [0.05, 0.1) is 39.1 Å². The first-order valence-corrected chi connectivity index (χ1v) is 29.9. The molecule has 2 amide bonds. The minimum Gasteiger partial charge on any atom is -0.479 e. The lowest BCUT2D eigenvalue weighted by Crippen LogP contribution is -2.61. The summed E-state index contributed by atoms with van der Waals surface area (Å²) in [6.07, 6.45) is 4.42. The van der Waals surface area contributed by atoms with Crippen LogP contribution in [0.4, 0.5) is 10.6 Å². The maximum Gasteiger partial charge on any atom is 0.658 e. The summed E-state index contributed by atoms with van der Waals surface area (Å²) in [5, 5.41) is 21.1. The first-order chi connectivity index (χ1) is 28.6. The van der Waals surface area contributed by atoms with Crippen molar-refractivity contribution in [1.29, 1.82) is 0 Å². The highest BCUT2D eigenvalue weighted by molar-refractivity contribution is 6.83. The van der Waals surface area contributed by atoms with Gasteiger partial charge in [0, 0.05) is 19.5 Å². The number of amides is 2. The molecule has 1 aliphatic heterocycles. The van der Waals surface area contributed by atoms with E-state index < -0.39 is 80.0 Å². The van der Waals surface area contributed by atoms with E-state index in [1.54, 1.807) is 0 Å². The lowest BCUT2D eigenvalue weighted by Gasteiger charge is -2.40. The first-order valence-electron chi connectivity index (χ1n) is 21.4. The number of aliphatic hydroxyl groups excluding tert-OH is 1. The van der Waals surface area contributed by atoms with Crippen molar-refractivity contribution < 1.29 is 65.4 Å². The maximum atomic E-state index is 13.6. The van der Waals surface area contributed by atoms with Crippen molar-refractivity contribution in [3.8, 4) is 0 Å². The normalized spacial score (nSPS) is 21.9. The number of nitrogens with two attached hydrogens (primary N) is 1. The Morgan fingerprint density at radius 3 is 2.00 bits per heavy atom. The summed E-state index contributed by atoms with van der Waals surface area (Å²) in [5.41, 5.74) is 4.92. The third kappa shape index (κ3) is 18.8. The molecule has 1 saturated heterocycles. The van der Waals surface area contributed by atoms with Gasteiger partial charge in [-0.05, 0) is 65.1 Å². The highest BCUT2D eigenvalue weighted by atomic mass is 28.5. The van der Waals surface area contributed by atoms with Crippen molar-refractivity contribution in [2.24, 2.45) is 0 Å². The molecule has 2 heterocycles. The van der Waals surface area contributed by atoms with Gasteiger partial charge >= 0.3 is 26.8 Å². The zero-order valence-electron chi connectivity index (χ0n) is 37.3. The minimum absolute atomic E-state index is 0.0645. The molecule has 1 aromatic rings. The molecule has 1 unspecified atom stereocenters. The van der Waals surface area contributed by atoms with E-state index in [4.69, 9.17) is 41.8 Å². The van der Waals surface area contributed by atoms with Crippen molar-refractivity contribution in [3.05, 3.63) is 22.7 Å². The predicted molar refractivity (Wildman–Crippen MR) is 230 cm³/mol. The zero-order chi connectivity index (χ0) is 45.4. The van der Waals surface area contributed by atoms with Gasteiger partial charge < -0.3 is 52.0 Å². The van der Waals surface area contributed by atoms with Gasteiger partial charge in [0.2, 0.25) is 5.91 Å². The quantitative estimate of drug-likeness (QED) is 0.111. The molecule has 348 valence electrons. The number of anilines is 1. The lowest BCUT2D eigenvalue weighted by atomic mass is 10.00. The number of carbonyl (C=O) groups is 4. The molecule has 61 heavy (non-hydrogen) atoms. The number of ether oxygens (including phenoxy) is 4. The summed E-state index contributed by atoms with van der Waals surface area (Å²) < 4.78 is 51.0. The van der Waals surface area contributed by atoms with E-state index in [9.17, 15) is 34.2 Å². The van der Waals surface area contributed by atoms with E-state index in [1.165, 1.54) is 51.3 Å². The zero-order valence-corrected chi connectivity index (χ0v) is 40.3. The van der Waals surface area contributed by atoms with Crippen LogP contribution >= 0.6 is 0 Å². The SMILES string of the molecule is CC(=O)CC(OCCOCCN(C(C)=O)C(=O)O[C@@H]1[C@H](O)[C@@H](CO[Si](OC2CCCCCCCCCCC2)(O[Si](C)(C)C)O[Si](C)(C)C)O[C@H]1n1ccc(N)nc1=O)C(=O)O. The van der Waals surface area contributed by atoms with E-state index in [-0.39, 0.29) is 57.1 Å². The summed E-state index contributed by atoms with van der Waals surface area (Å²) >= 11 is 0. The highest BCUT2D eigenvalue weighted by Crippen LogP contribution is 2.34. The van der Waals surface area contributed by atoms with Crippen LogP contribution in [0.1, 0.15) is 97.1 Å². The second-order valence-corrected chi connectivity index (χ2v) is 29.2. The third-order valence-corrected chi connectivity index (χ3v) is 17.7. The largest absolute Gasteiger partial charge is 0.658 e. The number of nitrogens with zero attached hydrogens (tertiary/aromatic N) is 3. The molecule has 0 spiro atoms. The minimum atomic E-state index is -3.98. The van der Waals surface area contributed by atoms with Gasteiger partial charge in [0.1, 0.15) is 23.8 Å². The second-order valence-electron chi connectivity index (χ2n) is 17.6. The van der Waals surface area contributed by atoms with Crippen LogP contribution in [0.2, 0.25) is 39.3 Å². The standard InChI is InChI=1S/C39H70N4O15Si3/c1-28(44)26-31(37(47)48)52-25-24-51-23-22-42(29(2)45)39(50)55-35-34(46)32(54-36(35)43-21-20-33(40)41-38(43)49)27-53-61(57-59(3,4)5,58-60(6,7)8)56-30-18-16-14-12-10-9-11-13-15-17-19-30/h20-21,30-32,34-36,46H,9-19,22-27H2,1-8H3,(H,47,48)(H2,40,41,49)/t31?,32-,34-,35-,36-/m1/s1. The topological polar surface area (TPSA) is 247 Å². The summed E-state index contributed by atoms with van der Waals surface area (Å²) in [6.45, 7) is 13.5. The Hall–Kier alpha value is -2.91. The van der Waals surface area contributed by atoms with Crippen LogP contribution in [0.25, 0.3) is 0 Å².